The molecule has 0 bridgehead atoms. The number of benzene rings is 1. The van der Waals surface area contributed by atoms with Crippen molar-refractivity contribution in [2.24, 2.45) is 7.05 Å². The highest BCUT2D eigenvalue weighted by Crippen LogP contribution is 2.24. The Morgan fingerprint density at radius 2 is 2.19 bits per heavy atom. The number of aromatic nitrogens is 3. The Kier molecular flexibility index (Phi) is 2.40. The van der Waals surface area contributed by atoms with Crippen molar-refractivity contribution in [3.63, 3.8) is 0 Å². The van der Waals surface area contributed by atoms with Gasteiger partial charge in [0.05, 0.1) is 4.92 Å². The van der Waals surface area contributed by atoms with Crippen LogP contribution in [0.1, 0.15) is 5.56 Å². The Bertz CT molecular complexity index is 548. The summed E-state index contributed by atoms with van der Waals surface area (Å²) < 4.78 is 1.56. The Balaban J connectivity index is 2.55. The first-order valence-corrected chi connectivity index (χ1v) is 4.69. The zero-order valence-corrected chi connectivity index (χ0v) is 8.91. The van der Waals surface area contributed by atoms with Crippen LogP contribution >= 0.6 is 0 Å². The highest BCUT2D eigenvalue weighted by Gasteiger charge is 2.12. The molecule has 0 aliphatic carbocycles. The average Bonchev–Trinajstić information content (AvgIpc) is 2.65. The Hall–Kier alpha value is -2.24. The Labute approximate surface area is 91.7 Å². The van der Waals surface area contributed by atoms with E-state index in [4.69, 9.17) is 0 Å². The van der Waals surface area contributed by atoms with Crippen LogP contribution < -0.4 is 0 Å². The van der Waals surface area contributed by atoms with Crippen molar-refractivity contribution >= 4 is 5.69 Å². The van der Waals surface area contributed by atoms with Crippen LogP contribution in [-0.2, 0) is 7.05 Å². The number of nitro benzene ring substituents is 1. The van der Waals surface area contributed by atoms with Gasteiger partial charge >= 0.3 is 0 Å². The van der Waals surface area contributed by atoms with Crippen molar-refractivity contribution in [2.75, 3.05) is 0 Å². The summed E-state index contributed by atoms with van der Waals surface area (Å²) in [5.41, 5.74) is 1.65. The molecule has 2 rings (SSSR count). The lowest BCUT2D eigenvalue weighted by molar-refractivity contribution is -0.384. The maximum atomic E-state index is 10.7. The van der Waals surface area contributed by atoms with Crippen LogP contribution in [-0.4, -0.2) is 19.7 Å². The van der Waals surface area contributed by atoms with Gasteiger partial charge in [0.25, 0.3) is 5.69 Å². The number of nitrogens with zero attached hydrogens (tertiary/aromatic N) is 4. The van der Waals surface area contributed by atoms with Crippen molar-refractivity contribution in [2.45, 2.75) is 6.92 Å². The van der Waals surface area contributed by atoms with Crippen LogP contribution in [0.4, 0.5) is 5.69 Å². The van der Waals surface area contributed by atoms with Crippen molar-refractivity contribution in [1.82, 2.24) is 14.8 Å². The molecular formula is C10H10N4O2. The van der Waals surface area contributed by atoms with Crippen LogP contribution in [0.3, 0.4) is 0 Å². The van der Waals surface area contributed by atoms with E-state index in [9.17, 15) is 10.1 Å². The fraction of sp³-hybridized carbons (Fsp3) is 0.200. The fourth-order valence-corrected chi connectivity index (χ4v) is 1.43. The van der Waals surface area contributed by atoms with Crippen LogP contribution in [0.2, 0.25) is 0 Å². The molecule has 6 heteroatoms. The normalized spacial score (nSPS) is 10.4. The largest absolute Gasteiger partial charge is 0.270 e. The lowest BCUT2D eigenvalue weighted by Crippen LogP contribution is -1.93. The monoisotopic (exact) mass is 218 g/mol. The number of nitro groups is 1. The molecule has 2 aromatic rings. The van der Waals surface area contributed by atoms with Crippen molar-refractivity contribution in [3.05, 3.63) is 40.2 Å². The Morgan fingerprint density at radius 3 is 2.75 bits per heavy atom. The van der Waals surface area contributed by atoms with Crippen molar-refractivity contribution in [3.8, 4) is 11.4 Å². The molecule has 16 heavy (non-hydrogen) atoms. The summed E-state index contributed by atoms with van der Waals surface area (Å²) in [7, 11) is 1.75. The third kappa shape index (κ3) is 1.77. The second-order valence-corrected chi connectivity index (χ2v) is 3.50. The fourth-order valence-electron chi connectivity index (χ4n) is 1.43. The summed E-state index contributed by atoms with van der Waals surface area (Å²) in [6.07, 6.45) is 1.56. The molecule has 1 aromatic carbocycles. The zero-order valence-electron chi connectivity index (χ0n) is 8.91. The second-order valence-electron chi connectivity index (χ2n) is 3.50. The van der Waals surface area contributed by atoms with E-state index in [-0.39, 0.29) is 5.69 Å². The zero-order chi connectivity index (χ0) is 11.7. The first kappa shape index (κ1) is 10.3. The molecule has 0 N–H and O–H groups in total. The van der Waals surface area contributed by atoms with E-state index < -0.39 is 4.92 Å². The van der Waals surface area contributed by atoms with E-state index in [1.165, 1.54) is 12.1 Å². The minimum absolute atomic E-state index is 0.0491. The predicted molar refractivity (Wildman–Crippen MR) is 57.8 cm³/mol. The highest BCUT2D eigenvalue weighted by molar-refractivity contribution is 5.63. The molecule has 0 saturated carbocycles. The van der Waals surface area contributed by atoms with E-state index in [1.807, 2.05) is 6.92 Å². The average molecular weight is 218 g/mol. The number of hydrogen-bond donors (Lipinski definition) is 0. The van der Waals surface area contributed by atoms with E-state index in [1.54, 1.807) is 24.1 Å². The van der Waals surface area contributed by atoms with Gasteiger partial charge in [-0.1, -0.05) is 6.07 Å². The van der Waals surface area contributed by atoms with Gasteiger partial charge in [0.1, 0.15) is 6.33 Å². The molecule has 0 atom stereocenters. The number of non-ortho nitro benzene ring substituents is 1. The van der Waals surface area contributed by atoms with Gasteiger partial charge in [0, 0.05) is 24.7 Å². The quantitative estimate of drug-likeness (QED) is 0.568. The molecular weight excluding hydrogens is 208 g/mol. The lowest BCUT2D eigenvalue weighted by atomic mass is 10.1. The van der Waals surface area contributed by atoms with Gasteiger partial charge in [-0.2, -0.15) is 5.10 Å². The molecule has 82 valence electrons. The van der Waals surface area contributed by atoms with Crippen molar-refractivity contribution in [1.29, 1.82) is 0 Å². The topological polar surface area (TPSA) is 73.8 Å². The third-order valence-electron chi connectivity index (χ3n) is 2.27. The van der Waals surface area contributed by atoms with Gasteiger partial charge in [0.15, 0.2) is 5.82 Å². The molecule has 0 aliphatic rings. The summed E-state index contributed by atoms with van der Waals surface area (Å²) in [6.45, 7) is 1.87. The SMILES string of the molecule is Cc1ccc([N+](=O)[O-])cc1-c1ncn(C)n1. The third-order valence-corrected chi connectivity index (χ3v) is 2.27. The molecule has 0 saturated heterocycles. The minimum Gasteiger partial charge on any atom is -0.258 e. The molecule has 0 amide bonds. The van der Waals surface area contributed by atoms with Crippen LogP contribution in [0.15, 0.2) is 24.5 Å². The van der Waals surface area contributed by atoms with Gasteiger partial charge in [-0.05, 0) is 12.5 Å². The molecule has 0 spiro atoms. The summed E-state index contributed by atoms with van der Waals surface area (Å²) in [5, 5.41) is 14.8. The first-order chi connectivity index (χ1) is 7.58. The number of hydrogen-bond acceptors (Lipinski definition) is 4. The van der Waals surface area contributed by atoms with E-state index in [0.29, 0.717) is 11.4 Å². The van der Waals surface area contributed by atoms with Gasteiger partial charge in [-0.15, -0.1) is 0 Å². The molecule has 0 unspecified atom stereocenters. The molecule has 1 aromatic heterocycles. The molecule has 0 aliphatic heterocycles. The maximum absolute atomic E-state index is 10.7. The second kappa shape index (κ2) is 3.73. The van der Waals surface area contributed by atoms with Gasteiger partial charge in [-0.3, -0.25) is 14.8 Å². The van der Waals surface area contributed by atoms with Gasteiger partial charge in [-0.25, -0.2) is 4.98 Å². The molecule has 0 fully saturated rings. The standard InChI is InChI=1S/C10H10N4O2/c1-7-3-4-8(14(15)16)5-9(7)10-11-6-13(2)12-10/h3-6H,1-2H3. The lowest BCUT2D eigenvalue weighted by Gasteiger charge is -2.00. The predicted octanol–water partition coefficient (Wildman–Crippen LogP) is 1.70. The van der Waals surface area contributed by atoms with Crippen LogP contribution in [0.5, 0.6) is 0 Å². The van der Waals surface area contributed by atoms with E-state index in [2.05, 4.69) is 10.1 Å². The molecule has 6 nitrogen and oxygen atoms in total. The Morgan fingerprint density at radius 1 is 1.44 bits per heavy atom. The summed E-state index contributed by atoms with van der Waals surface area (Å²) >= 11 is 0. The van der Waals surface area contributed by atoms with E-state index in [0.717, 1.165) is 5.56 Å². The molecule has 1 heterocycles. The van der Waals surface area contributed by atoms with Gasteiger partial charge in [0.2, 0.25) is 0 Å². The van der Waals surface area contributed by atoms with Gasteiger partial charge < -0.3 is 0 Å². The summed E-state index contributed by atoms with van der Waals surface area (Å²) in [5.74, 6) is 0.503. The van der Waals surface area contributed by atoms with Crippen LogP contribution in [0, 0.1) is 17.0 Å². The first-order valence-electron chi connectivity index (χ1n) is 4.69. The maximum Gasteiger partial charge on any atom is 0.270 e. The molecule has 0 radical (unpaired) electrons. The smallest absolute Gasteiger partial charge is 0.258 e. The van der Waals surface area contributed by atoms with Crippen LogP contribution in [0.25, 0.3) is 11.4 Å². The highest BCUT2D eigenvalue weighted by atomic mass is 16.6. The summed E-state index contributed by atoms with van der Waals surface area (Å²) in [4.78, 5) is 14.3. The van der Waals surface area contributed by atoms with E-state index >= 15 is 0 Å². The van der Waals surface area contributed by atoms with Crippen molar-refractivity contribution < 1.29 is 4.92 Å². The number of rotatable bonds is 2. The summed E-state index contributed by atoms with van der Waals surface area (Å²) in [6, 6.07) is 4.66. The minimum atomic E-state index is -0.425. The number of aryl methyl sites for hydroxylation is 2.